The van der Waals surface area contributed by atoms with Crippen LogP contribution in [0.3, 0.4) is 0 Å². The molecule has 0 rings (SSSR count). The number of carbonyl (C=O) groups excluding carboxylic acids is 4. The van der Waals surface area contributed by atoms with Crippen molar-refractivity contribution in [2.24, 2.45) is 11.5 Å². The number of amides is 4. The van der Waals surface area contributed by atoms with Crippen molar-refractivity contribution in [3.8, 4) is 0 Å². The molecule has 0 aromatic carbocycles. The maximum Gasteiger partial charge on any atom is 0.322 e. The number of carboxylic acid groups (broad SMARTS) is 2. The van der Waals surface area contributed by atoms with Gasteiger partial charge >= 0.3 is 11.9 Å². The zero-order valence-electron chi connectivity index (χ0n) is 15.6. The minimum absolute atomic E-state index is 0.272. The van der Waals surface area contributed by atoms with Gasteiger partial charge in [-0.15, -0.1) is 0 Å². The standard InChI is InChI=1S/C15H25N5O9/c1-6(21)12(20-13(27)7(16)4-10(23)24)15(29)19-8(2-3-9(17)22)14(28)18-5-11(25)26/h6-8,12,21H,2-5,16H2,1H3,(H2,17,22)(H,18,28)(H,19,29)(H,20,27)(H,23,24)(H,25,26). The third-order valence-electron chi connectivity index (χ3n) is 3.52. The molecular weight excluding hydrogens is 394 g/mol. The highest BCUT2D eigenvalue weighted by Gasteiger charge is 2.31. The molecule has 0 aromatic heterocycles. The lowest BCUT2D eigenvalue weighted by Gasteiger charge is -2.25. The van der Waals surface area contributed by atoms with Crippen molar-refractivity contribution in [2.45, 2.75) is 50.4 Å². The topological polar surface area (TPSA) is 251 Å². The Labute approximate surface area is 165 Å². The van der Waals surface area contributed by atoms with E-state index in [1.165, 1.54) is 0 Å². The number of carboxylic acids is 2. The summed E-state index contributed by atoms with van der Waals surface area (Å²) < 4.78 is 0. The van der Waals surface area contributed by atoms with Crippen molar-refractivity contribution in [1.29, 1.82) is 0 Å². The van der Waals surface area contributed by atoms with Gasteiger partial charge < -0.3 is 42.7 Å². The number of aliphatic hydroxyl groups excluding tert-OH is 1. The van der Waals surface area contributed by atoms with Gasteiger partial charge in [0.25, 0.3) is 0 Å². The lowest BCUT2D eigenvalue weighted by molar-refractivity contribution is -0.140. The zero-order valence-corrected chi connectivity index (χ0v) is 15.6. The molecule has 10 N–H and O–H groups in total. The second kappa shape index (κ2) is 12.2. The van der Waals surface area contributed by atoms with E-state index in [1.807, 2.05) is 5.32 Å². The normalized spacial score (nSPS) is 14.6. The monoisotopic (exact) mass is 419 g/mol. The Morgan fingerprint density at radius 3 is 1.97 bits per heavy atom. The fourth-order valence-electron chi connectivity index (χ4n) is 2.05. The minimum atomic E-state index is -1.61. The van der Waals surface area contributed by atoms with Crippen LogP contribution in [-0.2, 0) is 28.8 Å². The first-order chi connectivity index (χ1) is 13.3. The average molecular weight is 419 g/mol. The number of aliphatic hydroxyl groups is 1. The van der Waals surface area contributed by atoms with E-state index in [4.69, 9.17) is 21.7 Å². The Balaban J connectivity index is 5.22. The number of carbonyl (C=O) groups is 6. The van der Waals surface area contributed by atoms with Gasteiger partial charge in [0, 0.05) is 6.42 Å². The van der Waals surface area contributed by atoms with Crippen molar-refractivity contribution < 1.29 is 44.1 Å². The summed E-state index contributed by atoms with van der Waals surface area (Å²) in [6.45, 7) is 0.401. The number of nitrogens with two attached hydrogens (primary N) is 2. The average Bonchev–Trinajstić information content (AvgIpc) is 2.59. The van der Waals surface area contributed by atoms with E-state index in [-0.39, 0.29) is 12.8 Å². The van der Waals surface area contributed by atoms with Gasteiger partial charge in [0.05, 0.1) is 18.6 Å². The van der Waals surface area contributed by atoms with Gasteiger partial charge in [0.15, 0.2) is 0 Å². The number of hydrogen-bond acceptors (Lipinski definition) is 8. The summed E-state index contributed by atoms with van der Waals surface area (Å²) in [6.07, 6.45) is -2.78. The maximum atomic E-state index is 12.4. The summed E-state index contributed by atoms with van der Waals surface area (Å²) in [5.41, 5.74) is 10.4. The maximum absolute atomic E-state index is 12.4. The highest BCUT2D eigenvalue weighted by atomic mass is 16.4. The van der Waals surface area contributed by atoms with Crippen LogP contribution in [0, 0.1) is 0 Å². The number of aliphatic carboxylic acids is 2. The second-order valence-corrected chi connectivity index (χ2v) is 6.11. The number of rotatable bonds is 13. The van der Waals surface area contributed by atoms with Crippen molar-refractivity contribution >= 4 is 35.6 Å². The van der Waals surface area contributed by atoms with Gasteiger partial charge in [-0.2, -0.15) is 0 Å². The van der Waals surface area contributed by atoms with E-state index >= 15 is 0 Å². The Morgan fingerprint density at radius 1 is 0.931 bits per heavy atom. The highest BCUT2D eigenvalue weighted by Crippen LogP contribution is 2.02. The second-order valence-electron chi connectivity index (χ2n) is 6.11. The van der Waals surface area contributed by atoms with Gasteiger partial charge in [-0.05, 0) is 13.3 Å². The van der Waals surface area contributed by atoms with E-state index in [0.717, 1.165) is 6.92 Å². The van der Waals surface area contributed by atoms with Crippen LogP contribution in [0.2, 0.25) is 0 Å². The van der Waals surface area contributed by atoms with Crippen LogP contribution in [0.1, 0.15) is 26.2 Å². The van der Waals surface area contributed by atoms with Crippen molar-refractivity contribution in [1.82, 2.24) is 16.0 Å². The molecule has 0 bridgehead atoms. The molecule has 14 nitrogen and oxygen atoms in total. The lowest BCUT2D eigenvalue weighted by atomic mass is 10.1. The van der Waals surface area contributed by atoms with Gasteiger partial charge in [-0.1, -0.05) is 0 Å². The van der Waals surface area contributed by atoms with E-state index < -0.39 is 72.8 Å². The molecule has 4 atom stereocenters. The smallest absolute Gasteiger partial charge is 0.322 e. The fourth-order valence-corrected chi connectivity index (χ4v) is 2.05. The quantitative estimate of drug-likeness (QED) is 0.142. The first-order valence-electron chi connectivity index (χ1n) is 8.39. The predicted molar refractivity (Wildman–Crippen MR) is 94.8 cm³/mol. The predicted octanol–water partition coefficient (Wildman–Crippen LogP) is -4.39. The molecule has 0 aromatic rings. The van der Waals surface area contributed by atoms with E-state index in [9.17, 15) is 33.9 Å². The SMILES string of the molecule is CC(O)C(NC(=O)C(N)CC(=O)O)C(=O)NC(CCC(N)=O)C(=O)NCC(=O)O. The molecule has 0 spiro atoms. The molecule has 0 aliphatic carbocycles. The van der Waals surface area contributed by atoms with Crippen molar-refractivity contribution in [2.75, 3.05) is 6.54 Å². The van der Waals surface area contributed by atoms with E-state index in [2.05, 4.69) is 10.6 Å². The molecule has 29 heavy (non-hydrogen) atoms. The van der Waals surface area contributed by atoms with Crippen LogP contribution >= 0.6 is 0 Å². The van der Waals surface area contributed by atoms with Crippen LogP contribution in [-0.4, -0.2) is 81.7 Å². The van der Waals surface area contributed by atoms with Gasteiger partial charge in [0.2, 0.25) is 23.6 Å². The summed E-state index contributed by atoms with van der Waals surface area (Å²) >= 11 is 0. The van der Waals surface area contributed by atoms with Crippen LogP contribution < -0.4 is 27.4 Å². The Kier molecular flexibility index (Phi) is 10.9. The molecule has 4 amide bonds. The first kappa shape index (κ1) is 25.7. The first-order valence-corrected chi connectivity index (χ1v) is 8.39. The molecule has 0 heterocycles. The van der Waals surface area contributed by atoms with Crippen molar-refractivity contribution in [3.63, 3.8) is 0 Å². The molecule has 0 aliphatic rings. The van der Waals surface area contributed by atoms with Crippen LogP contribution in [0.25, 0.3) is 0 Å². The Morgan fingerprint density at radius 2 is 1.52 bits per heavy atom. The molecule has 0 radical (unpaired) electrons. The molecule has 0 saturated carbocycles. The van der Waals surface area contributed by atoms with Gasteiger partial charge in [0.1, 0.15) is 18.6 Å². The number of primary amides is 1. The van der Waals surface area contributed by atoms with Crippen LogP contribution in [0.5, 0.6) is 0 Å². The number of hydrogen-bond donors (Lipinski definition) is 8. The summed E-state index contributed by atoms with van der Waals surface area (Å²) in [5.74, 6) is -6.49. The van der Waals surface area contributed by atoms with E-state index in [1.54, 1.807) is 0 Å². The molecule has 164 valence electrons. The third kappa shape index (κ3) is 10.6. The molecule has 0 saturated heterocycles. The summed E-state index contributed by atoms with van der Waals surface area (Å²) in [4.78, 5) is 68.5. The lowest BCUT2D eigenvalue weighted by Crippen LogP contribution is -2.59. The van der Waals surface area contributed by atoms with Gasteiger partial charge in [-0.3, -0.25) is 28.8 Å². The molecule has 4 unspecified atom stereocenters. The van der Waals surface area contributed by atoms with E-state index in [0.29, 0.717) is 0 Å². The zero-order chi connectivity index (χ0) is 22.7. The summed E-state index contributed by atoms with van der Waals surface area (Å²) in [6, 6.07) is -4.49. The van der Waals surface area contributed by atoms with Crippen LogP contribution in [0.4, 0.5) is 0 Å². The Bertz CT molecular complexity index is 652. The Hall–Kier alpha value is -3.26. The molecular formula is C15H25N5O9. The van der Waals surface area contributed by atoms with Crippen LogP contribution in [0.15, 0.2) is 0 Å². The fraction of sp³-hybridized carbons (Fsp3) is 0.600. The molecule has 0 aliphatic heterocycles. The molecule has 0 fully saturated rings. The van der Waals surface area contributed by atoms with Crippen molar-refractivity contribution in [3.05, 3.63) is 0 Å². The molecule has 14 heteroatoms. The highest BCUT2D eigenvalue weighted by molar-refractivity contribution is 5.94. The minimum Gasteiger partial charge on any atom is -0.481 e. The summed E-state index contributed by atoms with van der Waals surface area (Å²) in [5, 5.41) is 33.3. The number of nitrogens with one attached hydrogen (secondary N) is 3. The van der Waals surface area contributed by atoms with Gasteiger partial charge in [-0.25, -0.2) is 0 Å². The summed E-state index contributed by atoms with van der Waals surface area (Å²) in [7, 11) is 0. The largest absolute Gasteiger partial charge is 0.481 e. The third-order valence-corrected chi connectivity index (χ3v) is 3.52.